The lowest BCUT2D eigenvalue weighted by atomic mass is 9.90. The van der Waals surface area contributed by atoms with Crippen LogP contribution in [0.3, 0.4) is 0 Å². The highest BCUT2D eigenvalue weighted by atomic mass is 16.5. The van der Waals surface area contributed by atoms with Gasteiger partial charge in [-0.3, -0.25) is 4.79 Å². The van der Waals surface area contributed by atoms with Crippen molar-refractivity contribution < 1.29 is 14.3 Å². The van der Waals surface area contributed by atoms with Gasteiger partial charge in [0.2, 0.25) is 5.91 Å². The van der Waals surface area contributed by atoms with Gasteiger partial charge in [-0.2, -0.15) is 0 Å². The number of carbonyl (C=O) groups is 1. The molecule has 1 aromatic heterocycles. The van der Waals surface area contributed by atoms with Crippen LogP contribution in [0.15, 0.2) is 6.20 Å². The van der Waals surface area contributed by atoms with Gasteiger partial charge in [0.25, 0.3) is 0 Å². The maximum atomic E-state index is 12.9. The van der Waals surface area contributed by atoms with Crippen LogP contribution in [-0.2, 0) is 20.9 Å². The van der Waals surface area contributed by atoms with E-state index in [4.69, 9.17) is 14.5 Å². The van der Waals surface area contributed by atoms with Gasteiger partial charge in [0, 0.05) is 56.5 Å². The highest BCUT2D eigenvalue weighted by Gasteiger charge is 2.31. The van der Waals surface area contributed by atoms with Crippen molar-refractivity contribution in [3.8, 4) is 0 Å². The highest BCUT2D eigenvalue weighted by molar-refractivity contribution is 5.79. The second kappa shape index (κ2) is 8.72. The van der Waals surface area contributed by atoms with Crippen molar-refractivity contribution in [2.24, 2.45) is 5.92 Å². The SMILES string of the molecule is CCOCc1cnc(C)nc1C1CCCN(C(=O)C2CCOCC2)C1. The molecule has 0 spiro atoms. The maximum Gasteiger partial charge on any atom is 0.225 e. The van der Waals surface area contributed by atoms with E-state index in [1.54, 1.807) is 0 Å². The molecule has 2 aliphatic rings. The predicted molar refractivity (Wildman–Crippen MR) is 94.2 cm³/mol. The van der Waals surface area contributed by atoms with Crippen molar-refractivity contribution in [1.82, 2.24) is 14.9 Å². The fraction of sp³-hybridized carbons (Fsp3) is 0.737. The summed E-state index contributed by atoms with van der Waals surface area (Å²) >= 11 is 0. The summed E-state index contributed by atoms with van der Waals surface area (Å²) in [7, 11) is 0. The fourth-order valence-electron chi connectivity index (χ4n) is 3.79. The molecule has 3 rings (SSSR count). The molecule has 0 bridgehead atoms. The zero-order chi connectivity index (χ0) is 17.6. The second-order valence-corrected chi connectivity index (χ2v) is 6.97. The van der Waals surface area contributed by atoms with Crippen molar-refractivity contribution in [2.45, 2.75) is 52.1 Å². The second-order valence-electron chi connectivity index (χ2n) is 6.97. The van der Waals surface area contributed by atoms with Crippen LogP contribution in [0.2, 0.25) is 0 Å². The average molecular weight is 347 g/mol. The minimum atomic E-state index is 0.127. The topological polar surface area (TPSA) is 64.6 Å². The minimum Gasteiger partial charge on any atom is -0.381 e. The van der Waals surface area contributed by atoms with E-state index in [9.17, 15) is 4.79 Å². The third-order valence-electron chi connectivity index (χ3n) is 5.17. The number of piperidine rings is 1. The van der Waals surface area contributed by atoms with Gasteiger partial charge >= 0.3 is 0 Å². The lowest BCUT2D eigenvalue weighted by Crippen LogP contribution is -2.44. The van der Waals surface area contributed by atoms with Gasteiger partial charge in [0.15, 0.2) is 0 Å². The number of carbonyl (C=O) groups excluding carboxylic acids is 1. The van der Waals surface area contributed by atoms with Gasteiger partial charge in [0.05, 0.1) is 12.3 Å². The summed E-state index contributed by atoms with van der Waals surface area (Å²) in [4.78, 5) is 24.0. The summed E-state index contributed by atoms with van der Waals surface area (Å²) in [5.41, 5.74) is 2.11. The molecule has 1 unspecified atom stereocenters. The zero-order valence-corrected chi connectivity index (χ0v) is 15.4. The van der Waals surface area contributed by atoms with Gasteiger partial charge in [-0.1, -0.05) is 0 Å². The van der Waals surface area contributed by atoms with E-state index >= 15 is 0 Å². The molecule has 6 heteroatoms. The Kier molecular flexibility index (Phi) is 6.37. The minimum absolute atomic E-state index is 0.127. The number of rotatable bonds is 5. The smallest absolute Gasteiger partial charge is 0.225 e. The third kappa shape index (κ3) is 4.55. The van der Waals surface area contributed by atoms with Gasteiger partial charge in [0.1, 0.15) is 5.82 Å². The molecule has 0 aliphatic carbocycles. The van der Waals surface area contributed by atoms with E-state index < -0.39 is 0 Å². The first kappa shape index (κ1) is 18.3. The number of amides is 1. The van der Waals surface area contributed by atoms with Gasteiger partial charge in [-0.15, -0.1) is 0 Å². The van der Waals surface area contributed by atoms with Gasteiger partial charge in [-0.05, 0) is 39.5 Å². The van der Waals surface area contributed by atoms with Crippen molar-refractivity contribution >= 4 is 5.91 Å². The molecule has 0 saturated carbocycles. The van der Waals surface area contributed by atoms with E-state index in [1.165, 1.54) is 0 Å². The van der Waals surface area contributed by atoms with Crippen LogP contribution in [0, 0.1) is 12.8 Å². The molecule has 25 heavy (non-hydrogen) atoms. The van der Waals surface area contributed by atoms with Crippen molar-refractivity contribution in [3.63, 3.8) is 0 Å². The monoisotopic (exact) mass is 347 g/mol. The van der Waals surface area contributed by atoms with Gasteiger partial charge in [-0.25, -0.2) is 9.97 Å². The number of aromatic nitrogens is 2. The fourth-order valence-corrected chi connectivity index (χ4v) is 3.79. The van der Waals surface area contributed by atoms with E-state index in [1.807, 2.05) is 24.9 Å². The molecule has 138 valence electrons. The molecular formula is C19H29N3O3. The Balaban J connectivity index is 1.72. The van der Waals surface area contributed by atoms with Crippen LogP contribution in [0.4, 0.5) is 0 Å². The zero-order valence-electron chi connectivity index (χ0n) is 15.4. The summed E-state index contributed by atoms with van der Waals surface area (Å²) in [5, 5.41) is 0. The van der Waals surface area contributed by atoms with E-state index in [2.05, 4.69) is 4.98 Å². The number of hydrogen-bond donors (Lipinski definition) is 0. The quantitative estimate of drug-likeness (QED) is 0.819. The molecule has 0 N–H and O–H groups in total. The van der Waals surface area contributed by atoms with Crippen molar-refractivity contribution in [3.05, 3.63) is 23.3 Å². The molecule has 1 amide bonds. The summed E-state index contributed by atoms with van der Waals surface area (Å²) in [6.07, 6.45) is 5.67. The van der Waals surface area contributed by atoms with E-state index in [0.29, 0.717) is 32.3 Å². The summed E-state index contributed by atoms with van der Waals surface area (Å²) in [5.74, 6) is 1.48. The molecule has 2 fully saturated rings. The first-order chi connectivity index (χ1) is 12.2. The van der Waals surface area contributed by atoms with Crippen molar-refractivity contribution in [1.29, 1.82) is 0 Å². The molecule has 6 nitrogen and oxygen atoms in total. The predicted octanol–water partition coefficient (Wildman–Crippen LogP) is 2.45. The lowest BCUT2D eigenvalue weighted by Gasteiger charge is -2.36. The third-order valence-corrected chi connectivity index (χ3v) is 5.17. The Labute approximate surface area is 149 Å². The number of ether oxygens (including phenoxy) is 2. The molecule has 2 saturated heterocycles. The first-order valence-corrected chi connectivity index (χ1v) is 9.45. The standard InChI is InChI=1S/C19H29N3O3/c1-3-24-13-17-11-20-14(2)21-18(17)16-5-4-8-22(12-16)19(23)15-6-9-25-10-7-15/h11,15-16H,3-10,12-13H2,1-2H3. The molecule has 2 aliphatic heterocycles. The Morgan fingerprint density at radius 1 is 1.36 bits per heavy atom. The highest BCUT2D eigenvalue weighted by Crippen LogP contribution is 2.30. The molecule has 3 heterocycles. The average Bonchev–Trinajstić information content (AvgIpc) is 2.67. The molecular weight excluding hydrogens is 318 g/mol. The summed E-state index contributed by atoms with van der Waals surface area (Å²) in [6.45, 7) is 8.14. The molecule has 1 atom stereocenters. The van der Waals surface area contributed by atoms with Crippen LogP contribution in [0.1, 0.15) is 55.6 Å². The van der Waals surface area contributed by atoms with Crippen LogP contribution < -0.4 is 0 Å². The Hall–Kier alpha value is -1.53. The summed E-state index contributed by atoms with van der Waals surface area (Å²) in [6, 6.07) is 0. The lowest BCUT2D eigenvalue weighted by molar-refractivity contribution is -0.139. The number of aryl methyl sites for hydroxylation is 1. The molecule has 1 aromatic rings. The van der Waals surface area contributed by atoms with Gasteiger partial charge < -0.3 is 14.4 Å². The van der Waals surface area contributed by atoms with E-state index in [0.717, 1.165) is 55.9 Å². The largest absolute Gasteiger partial charge is 0.381 e. The number of likely N-dealkylation sites (tertiary alicyclic amines) is 1. The van der Waals surface area contributed by atoms with Crippen LogP contribution in [-0.4, -0.2) is 53.7 Å². The Bertz CT molecular complexity index is 587. The Morgan fingerprint density at radius 2 is 2.16 bits per heavy atom. The number of nitrogens with zero attached hydrogens (tertiary/aromatic N) is 3. The van der Waals surface area contributed by atoms with Crippen molar-refractivity contribution in [2.75, 3.05) is 32.9 Å². The van der Waals surface area contributed by atoms with Crippen LogP contribution in [0.25, 0.3) is 0 Å². The first-order valence-electron chi connectivity index (χ1n) is 9.45. The Morgan fingerprint density at radius 3 is 2.92 bits per heavy atom. The number of hydrogen-bond acceptors (Lipinski definition) is 5. The summed E-state index contributed by atoms with van der Waals surface area (Å²) < 4.78 is 11.0. The maximum absolute atomic E-state index is 12.9. The van der Waals surface area contributed by atoms with Crippen LogP contribution >= 0.6 is 0 Å². The molecule has 0 aromatic carbocycles. The van der Waals surface area contributed by atoms with Crippen LogP contribution in [0.5, 0.6) is 0 Å². The normalized spacial score (nSPS) is 22.2. The van der Waals surface area contributed by atoms with E-state index in [-0.39, 0.29) is 11.8 Å². The molecule has 0 radical (unpaired) electrons.